The molecule has 0 saturated heterocycles. The number of amides is 1. The highest BCUT2D eigenvalue weighted by Crippen LogP contribution is 2.38. The topological polar surface area (TPSA) is 64.2 Å². The smallest absolute Gasteiger partial charge is 0.356 e. The SMILES string of the molecule is Cc1cc(-c2cnn3c2C(=O)N(c2ccc(C(F)(F)F)c(Cl)c2)C[C@@H]3C)on1. The number of carbonyl (C=O) groups is 1. The molecule has 0 aliphatic carbocycles. The van der Waals surface area contributed by atoms with Gasteiger partial charge in [-0.15, -0.1) is 0 Å². The summed E-state index contributed by atoms with van der Waals surface area (Å²) in [5.74, 6) is -0.0120. The molecular formula is C18H14ClF3N4O2. The summed E-state index contributed by atoms with van der Waals surface area (Å²) in [4.78, 5) is 14.5. The second-order valence-corrected chi connectivity index (χ2v) is 7.02. The lowest BCUT2D eigenvalue weighted by molar-refractivity contribution is -0.137. The minimum atomic E-state index is -4.56. The number of hydrogen-bond acceptors (Lipinski definition) is 4. The number of nitrogens with zero attached hydrogens (tertiary/aromatic N) is 4. The first-order valence-electron chi connectivity index (χ1n) is 8.36. The molecule has 10 heteroatoms. The number of anilines is 1. The van der Waals surface area contributed by atoms with Gasteiger partial charge in [-0.3, -0.25) is 9.48 Å². The number of benzene rings is 1. The number of halogens is 4. The molecule has 146 valence electrons. The summed E-state index contributed by atoms with van der Waals surface area (Å²) in [5.41, 5.74) is 0.740. The number of aryl methyl sites for hydroxylation is 1. The molecule has 28 heavy (non-hydrogen) atoms. The van der Waals surface area contributed by atoms with Crippen LogP contribution in [0.2, 0.25) is 5.02 Å². The first-order valence-corrected chi connectivity index (χ1v) is 8.74. The zero-order chi connectivity index (χ0) is 20.2. The van der Waals surface area contributed by atoms with Crippen LogP contribution in [0.5, 0.6) is 0 Å². The molecule has 3 aromatic rings. The number of alkyl halides is 3. The van der Waals surface area contributed by atoms with E-state index >= 15 is 0 Å². The van der Waals surface area contributed by atoms with Crippen LogP contribution in [0.3, 0.4) is 0 Å². The Bertz CT molecular complexity index is 1070. The molecule has 0 spiro atoms. The van der Waals surface area contributed by atoms with Crippen molar-refractivity contribution in [1.29, 1.82) is 0 Å². The van der Waals surface area contributed by atoms with E-state index in [-0.39, 0.29) is 24.0 Å². The van der Waals surface area contributed by atoms with Crippen molar-refractivity contribution in [3.63, 3.8) is 0 Å². The van der Waals surface area contributed by atoms with E-state index in [2.05, 4.69) is 10.3 Å². The molecular weight excluding hydrogens is 397 g/mol. The minimum Gasteiger partial charge on any atom is -0.356 e. The second-order valence-electron chi connectivity index (χ2n) is 6.61. The molecule has 3 heterocycles. The Balaban J connectivity index is 1.76. The predicted molar refractivity (Wildman–Crippen MR) is 95.3 cm³/mol. The summed E-state index contributed by atoms with van der Waals surface area (Å²) in [5, 5.41) is 7.64. The van der Waals surface area contributed by atoms with Crippen LogP contribution in [0.15, 0.2) is 35.0 Å². The van der Waals surface area contributed by atoms with E-state index in [1.807, 2.05) is 6.92 Å². The monoisotopic (exact) mass is 410 g/mol. The van der Waals surface area contributed by atoms with Crippen molar-refractivity contribution in [2.45, 2.75) is 26.1 Å². The van der Waals surface area contributed by atoms with Crippen LogP contribution in [0.1, 0.15) is 34.7 Å². The molecule has 1 atom stereocenters. The number of rotatable bonds is 2. The van der Waals surface area contributed by atoms with Crippen molar-refractivity contribution < 1.29 is 22.5 Å². The van der Waals surface area contributed by atoms with Gasteiger partial charge in [-0.1, -0.05) is 16.8 Å². The fraction of sp³-hybridized carbons (Fsp3) is 0.278. The third kappa shape index (κ3) is 2.95. The van der Waals surface area contributed by atoms with Gasteiger partial charge in [0.25, 0.3) is 5.91 Å². The molecule has 0 saturated carbocycles. The predicted octanol–water partition coefficient (Wildman–Crippen LogP) is 4.74. The Morgan fingerprint density at radius 3 is 2.64 bits per heavy atom. The molecule has 6 nitrogen and oxygen atoms in total. The number of fused-ring (bicyclic) bond motifs is 1. The average molecular weight is 411 g/mol. The highest BCUT2D eigenvalue weighted by atomic mass is 35.5. The Morgan fingerprint density at radius 1 is 1.29 bits per heavy atom. The molecule has 0 fully saturated rings. The van der Waals surface area contributed by atoms with Crippen molar-refractivity contribution in [3.8, 4) is 11.3 Å². The maximum atomic E-state index is 13.2. The van der Waals surface area contributed by atoms with E-state index in [1.54, 1.807) is 17.7 Å². The lowest BCUT2D eigenvalue weighted by Gasteiger charge is -2.32. The van der Waals surface area contributed by atoms with E-state index in [0.29, 0.717) is 17.0 Å². The first kappa shape index (κ1) is 18.5. The van der Waals surface area contributed by atoms with Crippen molar-refractivity contribution in [2.24, 2.45) is 0 Å². The van der Waals surface area contributed by atoms with Gasteiger partial charge in [-0.2, -0.15) is 18.3 Å². The fourth-order valence-electron chi connectivity index (χ4n) is 3.26. The summed E-state index contributed by atoms with van der Waals surface area (Å²) in [6, 6.07) is 4.75. The molecule has 2 aromatic heterocycles. The number of hydrogen-bond donors (Lipinski definition) is 0. The molecule has 0 unspecified atom stereocenters. The molecule has 1 aliphatic rings. The normalized spacial score (nSPS) is 17.1. The summed E-state index contributed by atoms with van der Waals surface area (Å²) in [6.07, 6.45) is -3.04. The third-order valence-corrected chi connectivity index (χ3v) is 4.88. The maximum Gasteiger partial charge on any atom is 0.417 e. The number of carbonyl (C=O) groups excluding carboxylic acids is 1. The Hall–Kier alpha value is -2.81. The Morgan fingerprint density at radius 2 is 2.04 bits per heavy atom. The quantitative estimate of drug-likeness (QED) is 0.612. The van der Waals surface area contributed by atoms with Crippen LogP contribution in [-0.2, 0) is 6.18 Å². The fourth-order valence-corrected chi connectivity index (χ4v) is 3.54. The van der Waals surface area contributed by atoms with Crippen LogP contribution >= 0.6 is 11.6 Å². The largest absolute Gasteiger partial charge is 0.417 e. The molecule has 1 aliphatic heterocycles. The van der Waals surface area contributed by atoms with Crippen molar-refractivity contribution >= 4 is 23.2 Å². The molecule has 1 amide bonds. The summed E-state index contributed by atoms with van der Waals surface area (Å²) in [7, 11) is 0. The molecule has 0 N–H and O–H groups in total. The lowest BCUT2D eigenvalue weighted by Crippen LogP contribution is -2.42. The van der Waals surface area contributed by atoms with Crippen molar-refractivity contribution in [1.82, 2.24) is 14.9 Å². The molecule has 0 bridgehead atoms. The van der Waals surface area contributed by atoms with Crippen LogP contribution < -0.4 is 4.90 Å². The van der Waals surface area contributed by atoms with Gasteiger partial charge in [0.15, 0.2) is 5.76 Å². The summed E-state index contributed by atoms with van der Waals surface area (Å²) in [6.45, 7) is 3.85. The van der Waals surface area contributed by atoms with E-state index in [0.717, 1.165) is 12.1 Å². The van der Waals surface area contributed by atoms with Gasteiger partial charge in [-0.05, 0) is 32.0 Å². The van der Waals surface area contributed by atoms with E-state index in [9.17, 15) is 18.0 Å². The van der Waals surface area contributed by atoms with Crippen molar-refractivity contribution in [2.75, 3.05) is 11.4 Å². The van der Waals surface area contributed by atoms with Crippen LogP contribution in [-0.4, -0.2) is 27.4 Å². The van der Waals surface area contributed by atoms with Gasteiger partial charge in [0.1, 0.15) is 5.69 Å². The minimum absolute atomic E-state index is 0.202. The second kappa shape index (κ2) is 6.37. The highest BCUT2D eigenvalue weighted by molar-refractivity contribution is 6.31. The molecule has 4 rings (SSSR count). The Kier molecular flexibility index (Phi) is 4.22. The maximum absolute atomic E-state index is 13.2. The van der Waals surface area contributed by atoms with Gasteiger partial charge < -0.3 is 9.42 Å². The summed E-state index contributed by atoms with van der Waals surface area (Å²) < 4.78 is 45.7. The van der Waals surface area contributed by atoms with E-state index in [1.165, 1.54) is 17.2 Å². The van der Waals surface area contributed by atoms with Crippen LogP contribution in [0.4, 0.5) is 18.9 Å². The molecule has 1 aromatic carbocycles. The van der Waals surface area contributed by atoms with Crippen molar-refractivity contribution in [3.05, 3.63) is 52.4 Å². The van der Waals surface area contributed by atoms with E-state index < -0.39 is 22.7 Å². The first-order chi connectivity index (χ1) is 13.2. The molecule has 0 radical (unpaired) electrons. The van der Waals surface area contributed by atoms with Gasteiger partial charge in [0, 0.05) is 18.3 Å². The van der Waals surface area contributed by atoms with Gasteiger partial charge in [0.2, 0.25) is 0 Å². The van der Waals surface area contributed by atoms with Gasteiger partial charge in [-0.25, -0.2) is 0 Å². The van der Waals surface area contributed by atoms with Crippen LogP contribution in [0.25, 0.3) is 11.3 Å². The Labute approximate surface area is 162 Å². The van der Waals surface area contributed by atoms with E-state index in [4.69, 9.17) is 16.1 Å². The third-order valence-electron chi connectivity index (χ3n) is 4.57. The average Bonchev–Trinajstić information content (AvgIpc) is 3.23. The zero-order valence-electron chi connectivity index (χ0n) is 14.8. The van der Waals surface area contributed by atoms with Gasteiger partial charge >= 0.3 is 6.18 Å². The highest BCUT2D eigenvalue weighted by Gasteiger charge is 2.37. The summed E-state index contributed by atoms with van der Waals surface area (Å²) >= 11 is 5.83. The van der Waals surface area contributed by atoms with Gasteiger partial charge in [0.05, 0.1) is 34.1 Å². The van der Waals surface area contributed by atoms with Crippen LogP contribution in [0, 0.1) is 6.92 Å². The standard InChI is InChI=1S/C18H14ClF3N4O2/c1-9-5-15(28-24-9)12-7-23-26-10(2)8-25(17(27)16(12)26)11-3-4-13(14(19)6-11)18(20,21)22/h3-7,10H,8H2,1-2H3/t10-/m0/s1. The lowest BCUT2D eigenvalue weighted by atomic mass is 10.1. The number of aromatic nitrogens is 3. The zero-order valence-corrected chi connectivity index (χ0v) is 15.5.